The molecule has 0 atom stereocenters. The summed E-state index contributed by atoms with van der Waals surface area (Å²) in [5.41, 5.74) is 0.321. The molecule has 5 nitrogen and oxygen atoms in total. The van der Waals surface area contributed by atoms with Crippen molar-refractivity contribution in [3.8, 4) is 0 Å². The van der Waals surface area contributed by atoms with Crippen LogP contribution in [0.4, 0.5) is 5.95 Å². The van der Waals surface area contributed by atoms with Crippen molar-refractivity contribution in [1.82, 2.24) is 9.55 Å². The Morgan fingerprint density at radius 2 is 2.47 bits per heavy atom. The van der Waals surface area contributed by atoms with Gasteiger partial charge >= 0.3 is 5.95 Å². The van der Waals surface area contributed by atoms with Crippen molar-refractivity contribution in [3.05, 3.63) is 22.0 Å². The maximum atomic E-state index is 10.9. The molecule has 0 bridgehead atoms. The van der Waals surface area contributed by atoms with Crippen LogP contribution in [0.2, 0.25) is 0 Å². The predicted octanol–water partition coefficient (Wildman–Crippen LogP) is 2.32. The summed E-state index contributed by atoms with van der Waals surface area (Å²) in [6.45, 7) is 3.52. The van der Waals surface area contributed by atoms with E-state index in [4.69, 9.17) is 2.74 Å². The highest BCUT2D eigenvalue weighted by molar-refractivity contribution is 5.19. The van der Waals surface area contributed by atoms with Gasteiger partial charge in [-0.15, -0.1) is 0 Å². The lowest BCUT2D eigenvalue weighted by Gasteiger charge is -2.05. The first-order valence-corrected chi connectivity index (χ1v) is 5.07. The van der Waals surface area contributed by atoms with Crippen LogP contribution in [0.1, 0.15) is 41.2 Å². The Balaban J connectivity index is 2.51. The third kappa shape index (κ3) is 2.00. The highest BCUT2D eigenvalue weighted by Gasteiger charge is 2.35. The Labute approximate surface area is 91.1 Å². The van der Waals surface area contributed by atoms with Crippen LogP contribution in [0.25, 0.3) is 0 Å². The summed E-state index contributed by atoms with van der Waals surface area (Å²) in [5, 5.41) is 10.9. The molecule has 1 heterocycles. The highest BCUT2D eigenvalue weighted by Crippen LogP contribution is 2.39. The molecule has 1 aliphatic rings. The maximum Gasteiger partial charge on any atom is 0.435 e. The second-order valence-electron chi connectivity index (χ2n) is 4.10. The van der Waals surface area contributed by atoms with Gasteiger partial charge in [0.05, 0.1) is 6.04 Å². The Kier molecular flexibility index (Phi) is 1.90. The zero-order chi connectivity index (χ0) is 12.8. The number of nitro groups is 1. The molecule has 0 radical (unpaired) electrons. The van der Waals surface area contributed by atoms with E-state index in [2.05, 4.69) is 4.98 Å². The van der Waals surface area contributed by atoms with Gasteiger partial charge in [-0.05, 0) is 23.7 Å². The second kappa shape index (κ2) is 3.64. The minimum absolute atomic E-state index is 0.0433. The number of aromatic nitrogens is 2. The summed E-state index contributed by atoms with van der Waals surface area (Å²) in [7, 11) is 0. The Morgan fingerprint density at radius 1 is 1.80 bits per heavy atom. The number of nitrogens with zero attached hydrogens (tertiary/aromatic N) is 3. The van der Waals surface area contributed by atoms with E-state index in [1.165, 1.54) is 10.8 Å². The SMILES string of the molecule is [2H]C([2H])(c1cnc([N+](=O)[O-])n1C1CC1)C(C)C. The largest absolute Gasteiger partial charge is 0.435 e. The molecular formula is C10H15N3O2. The Hall–Kier alpha value is -1.39. The summed E-state index contributed by atoms with van der Waals surface area (Å²) < 4.78 is 17.5. The molecule has 2 rings (SSSR count). The van der Waals surface area contributed by atoms with E-state index in [0.29, 0.717) is 5.69 Å². The predicted molar refractivity (Wildman–Crippen MR) is 55.7 cm³/mol. The summed E-state index contributed by atoms with van der Waals surface area (Å²) in [5.74, 6) is -0.497. The maximum absolute atomic E-state index is 10.9. The third-order valence-corrected chi connectivity index (χ3v) is 2.29. The fourth-order valence-corrected chi connectivity index (χ4v) is 1.58. The normalized spacial score (nSPS) is 18.9. The molecule has 0 aliphatic heterocycles. The zero-order valence-electron chi connectivity index (χ0n) is 10.8. The monoisotopic (exact) mass is 211 g/mol. The molecule has 5 heteroatoms. The molecule has 1 aromatic heterocycles. The molecule has 1 saturated carbocycles. The Morgan fingerprint density at radius 3 is 2.93 bits per heavy atom. The van der Waals surface area contributed by atoms with Crippen molar-refractivity contribution in [3.63, 3.8) is 0 Å². The molecule has 0 saturated heterocycles. The first-order chi connectivity index (χ1) is 7.85. The van der Waals surface area contributed by atoms with Crippen LogP contribution in [0.15, 0.2) is 6.20 Å². The van der Waals surface area contributed by atoms with Crippen LogP contribution in [0.3, 0.4) is 0 Å². The van der Waals surface area contributed by atoms with Crippen molar-refractivity contribution >= 4 is 5.95 Å². The van der Waals surface area contributed by atoms with Gasteiger partial charge in [-0.3, -0.25) is 0 Å². The molecule has 1 aliphatic carbocycles. The zero-order valence-corrected chi connectivity index (χ0v) is 8.80. The van der Waals surface area contributed by atoms with Crippen LogP contribution >= 0.6 is 0 Å². The van der Waals surface area contributed by atoms with Gasteiger partial charge in [0.1, 0.15) is 11.9 Å². The average Bonchev–Trinajstić information content (AvgIpc) is 2.95. The minimum Gasteiger partial charge on any atom is -0.390 e. The van der Waals surface area contributed by atoms with E-state index in [9.17, 15) is 10.1 Å². The quantitative estimate of drug-likeness (QED) is 0.567. The number of rotatable bonds is 4. The van der Waals surface area contributed by atoms with E-state index in [-0.39, 0.29) is 17.9 Å². The lowest BCUT2D eigenvalue weighted by Crippen LogP contribution is -2.07. The molecule has 82 valence electrons. The van der Waals surface area contributed by atoms with E-state index in [0.717, 1.165) is 12.8 Å². The Bertz CT molecular complexity index is 452. The van der Waals surface area contributed by atoms with Gasteiger partial charge in [-0.1, -0.05) is 18.8 Å². The van der Waals surface area contributed by atoms with E-state index in [1.807, 2.05) is 0 Å². The summed E-state index contributed by atoms with van der Waals surface area (Å²) in [4.78, 5) is 14.1. The van der Waals surface area contributed by atoms with Crippen LogP contribution in [-0.4, -0.2) is 14.5 Å². The molecule has 0 spiro atoms. The van der Waals surface area contributed by atoms with Crippen molar-refractivity contribution in [2.75, 3.05) is 0 Å². The minimum atomic E-state index is -1.59. The van der Waals surface area contributed by atoms with E-state index in [1.54, 1.807) is 13.8 Å². The van der Waals surface area contributed by atoms with Crippen LogP contribution in [-0.2, 0) is 6.37 Å². The molecule has 15 heavy (non-hydrogen) atoms. The molecule has 1 fully saturated rings. The van der Waals surface area contributed by atoms with Crippen molar-refractivity contribution in [2.45, 2.75) is 39.1 Å². The number of hydrogen-bond acceptors (Lipinski definition) is 3. The van der Waals surface area contributed by atoms with Crippen LogP contribution in [0, 0.1) is 16.0 Å². The summed E-state index contributed by atoms with van der Waals surface area (Å²) in [6.07, 6.45) is 1.43. The van der Waals surface area contributed by atoms with Crippen molar-refractivity contribution in [1.29, 1.82) is 0 Å². The second-order valence-corrected chi connectivity index (χ2v) is 4.10. The van der Waals surface area contributed by atoms with Gasteiger partial charge in [0.2, 0.25) is 0 Å². The molecular weight excluding hydrogens is 194 g/mol. The van der Waals surface area contributed by atoms with Gasteiger partial charge < -0.3 is 10.1 Å². The van der Waals surface area contributed by atoms with Crippen LogP contribution < -0.4 is 0 Å². The van der Waals surface area contributed by atoms with Crippen molar-refractivity contribution in [2.24, 2.45) is 5.92 Å². The average molecular weight is 211 g/mol. The fraction of sp³-hybridized carbons (Fsp3) is 0.700. The molecule has 0 aromatic carbocycles. The van der Waals surface area contributed by atoms with Gasteiger partial charge in [0.15, 0.2) is 0 Å². The first-order valence-electron chi connectivity index (χ1n) is 6.07. The fourth-order valence-electron chi connectivity index (χ4n) is 1.58. The molecule has 0 N–H and O–H groups in total. The lowest BCUT2D eigenvalue weighted by molar-refractivity contribution is -0.396. The third-order valence-electron chi connectivity index (χ3n) is 2.29. The highest BCUT2D eigenvalue weighted by atomic mass is 16.6. The summed E-state index contributed by atoms with van der Waals surface area (Å²) >= 11 is 0. The molecule has 0 amide bonds. The molecule has 1 aromatic rings. The van der Waals surface area contributed by atoms with Crippen molar-refractivity contribution < 1.29 is 7.66 Å². The van der Waals surface area contributed by atoms with E-state index < -0.39 is 11.3 Å². The van der Waals surface area contributed by atoms with E-state index >= 15 is 0 Å². The van der Waals surface area contributed by atoms with Gasteiger partial charge in [-0.2, -0.15) is 0 Å². The van der Waals surface area contributed by atoms with Crippen LogP contribution in [0.5, 0.6) is 0 Å². The standard InChI is InChI=1S/C10H15N3O2/c1-7(2)5-9-6-11-10(13(14)15)12(9)8-3-4-8/h6-8H,3-5H2,1-2H3/i5D2. The number of hydrogen-bond donors (Lipinski definition) is 0. The van der Waals surface area contributed by atoms with Gasteiger partial charge in [0, 0.05) is 9.11 Å². The smallest absolute Gasteiger partial charge is 0.390 e. The first kappa shape index (κ1) is 7.84. The summed E-state index contributed by atoms with van der Waals surface area (Å²) in [6, 6.07) is 0.0433. The van der Waals surface area contributed by atoms with Gasteiger partial charge in [0.25, 0.3) is 0 Å². The lowest BCUT2D eigenvalue weighted by atomic mass is 10.1. The van der Waals surface area contributed by atoms with Gasteiger partial charge in [-0.25, -0.2) is 4.57 Å². The molecule has 0 unspecified atom stereocenters. The topological polar surface area (TPSA) is 61.0 Å². The number of imidazole rings is 1.